The van der Waals surface area contributed by atoms with Crippen molar-refractivity contribution in [1.82, 2.24) is 4.98 Å². The van der Waals surface area contributed by atoms with Crippen molar-refractivity contribution in [2.24, 2.45) is 0 Å². The number of hydrogen-bond donors (Lipinski definition) is 1. The van der Waals surface area contributed by atoms with E-state index in [9.17, 15) is 14.9 Å². The number of ether oxygens (including phenoxy) is 1. The first-order valence-corrected chi connectivity index (χ1v) is 7.00. The van der Waals surface area contributed by atoms with Crippen LogP contribution in [0, 0.1) is 28.4 Å². The molecule has 1 N–H and O–H groups in total. The number of nitrogens with zero attached hydrogens (tertiary/aromatic N) is 3. The third kappa shape index (κ3) is 4.04. The van der Waals surface area contributed by atoms with Crippen LogP contribution in [0.15, 0.2) is 36.4 Å². The monoisotopic (exact) mass is 326 g/mol. The molecule has 0 fully saturated rings. The SMILES string of the molecule is Cc1ccc(OC(C)C(=O)Nc2cccc(C#N)c2)c([N+](=O)[O-])n1. The first kappa shape index (κ1) is 16.9. The molecule has 0 aliphatic rings. The van der Waals surface area contributed by atoms with Crippen molar-refractivity contribution < 1.29 is 14.5 Å². The Morgan fingerprint density at radius 1 is 1.42 bits per heavy atom. The predicted molar refractivity (Wildman–Crippen MR) is 85.5 cm³/mol. The van der Waals surface area contributed by atoms with Crippen molar-refractivity contribution in [3.8, 4) is 11.8 Å². The smallest absolute Gasteiger partial charge is 0.406 e. The van der Waals surface area contributed by atoms with Crippen LogP contribution in [0.4, 0.5) is 11.5 Å². The molecule has 0 bridgehead atoms. The lowest BCUT2D eigenvalue weighted by molar-refractivity contribution is -0.390. The lowest BCUT2D eigenvalue weighted by atomic mass is 10.2. The molecular formula is C16H14N4O4. The number of pyridine rings is 1. The molecule has 8 nitrogen and oxygen atoms in total. The number of carbonyl (C=O) groups is 1. The molecule has 0 aliphatic heterocycles. The summed E-state index contributed by atoms with van der Waals surface area (Å²) in [4.78, 5) is 26.3. The number of carbonyl (C=O) groups excluding carboxylic acids is 1. The molecule has 2 aromatic rings. The van der Waals surface area contributed by atoms with Gasteiger partial charge in [0.2, 0.25) is 5.75 Å². The van der Waals surface area contributed by atoms with E-state index < -0.39 is 22.8 Å². The molecular weight excluding hydrogens is 312 g/mol. The van der Waals surface area contributed by atoms with Gasteiger partial charge in [0.15, 0.2) is 6.10 Å². The highest BCUT2D eigenvalue weighted by atomic mass is 16.6. The van der Waals surface area contributed by atoms with Gasteiger partial charge < -0.3 is 20.2 Å². The zero-order valence-electron chi connectivity index (χ0n) is 13.0. The topological polar surface area (TPSA) is 118 Å². The highest BCUT2D eigenvalue weighted by Crippen LogP contribution is 2.25. The van der Waals surface area contributed by atoms with Crippen LogP contribution in [0.2, 0.25) is 0 Å². The molecule has 1 heterocycles. The second-order valence-electron chi connectivity index (χ2n) is 4.97. The van der Waals surface area contributed by atoms with Gasteiger partial charge in [0, 0.05) is 12.6 Å². The minimum Gasteiger partial charge on any atom is -0.473 e. The molecule has 0 spiro atoms. The zero-order valence-corrected chi connectivity index (χ0v) is 13.0. The molecule has 0 aliphatic carbocycles. The fourth-order valence-corrected chi connectivity index (χ4v) is 1.91. The second kappa shape index (κ2) is 7.19. The molecule has 2 rings (SSSR count). The van der Waals surface area contributed by atoms with Gasteiger partial charge in [0.1, 0.15) is 5.69 Å². The number of benzene rings is 1. The third-order valence-electron chi connectivity index (χ3n) is 3.08. The van der Waals surface area contributed by atoms with Gasteiger partial charge in [-0.15, -0.1) is 0 Å². The number of aromatic nitrogens is 1. The predicted octanol–water partition coefficient (Wildman–Crippen LogP) is 2.58. The van der Waals surface area contributed by atoms with Gasteiger partial charge in [-0.05, 0) is 47.2 Å². The Morgan fingerprint density at radius 3 is 2.83 bits per heavy atom. The highest BCUT2D eigenvalue weighted by Gasteiger charge is 2.23. The number of aryl methyl sites for hydroxylation is 1. The fraction of sp³-hybridized carbons (Fsp3) is 0.188. The maximum Gasteiger partial charge on any atom is 0.406 e. The van der Waals surface area contributed by atoms with Crippen molar-refractivity contribution in [3.05, 3.63) is 57.8 Å². The zero-order chi connectivity index (χ0) is 17.7. The summed E-state index contributed by atoms with van der Waals surface area (Å²) < 4.78 is 5.37. The van der Waals surface area contributed by atoms with Crippen LogP contribution in [0.3, 0.4) is 0 Å². The maximum absolute atomic E-state index is 12.2. The summed E-state index contributed by atoms with van der Waals surface area (Å²) in [5.41, 5.74) is 1.31. The van der Waals surface area contributed by atoms with Gasteiger partial charge >= 0.3 is 5.82 Å². The van der Waals surface area contributed by atoms with E-state index in [1.54, 1.807) is 31.2 Å². The Bertz CT molecular complexity index is 829. The Kier molecular flexibility index (Phi) is 5.06. The van der Waals surface area contributed by atoms with Gasteiger partial charge in [-0.1, -0.05) is 6.07 Å². The molecule has 8 heteroatoms. The molecule has 1 aromatic heterocycles. The van der Waals surface area contributed by atoms with Crippen LogP contribution < -0.4 is 10.1 Å². The van der Waals surface area contributed by atoms with Crippen LogP contribution in [0.25, 0.3) is 0 Å². The van der Waals surface area contributed by atoms with E-state index in [1.807, 2.05) is 6.07 Å². The van der Waals surface area contributed by atoms with Gasteiger partial charge in [-0.3, -0.25) is 4.79 Å². The summed E-state index contributed by atoms with van der Waals surface area (Å²) in [6.07, 6.45) is -0.987. The van der Waals surface area contributed by atoms with Crippen LogP contribution in [-0.4, -0.2) is 21.9 Å². The number of rotatable bonds is 5. The van der Waals surface area contributed by atoms with Gasteiger partial charge in [-0.2, -0.15) is 5.26 Å². The van der Waals surface area contributed by atoms with E-state index in [0.29, 0.717) is 16.9 Å². The average Bonchev–Trinajstić information content (AvgIpc) is 2.56. The number of hydrogen-bond acceptors (Lipinski definition) is 6. The van der Waals surface area contributed by atoms with Crippen molar-refractivity contribution in [2.45, 2.75) is 20.0 Å². The van der Waals surface area contributed by atoms with Crippen LogP contribution >= 0.6 is 0 Å². The number of nitrogens with one attached hydrogen (secondary N) is 1. The van der Waals surface area contributed by atoms with E-state index in [0.717, 1.165) is 0 Å². The Labute approximate surface area is 137 Å². The largest absolute Gasteiger partial charge is 0.473 e. The summed E-state index contributed by atoms with van der Waals surface area (Å²) in [7, 11) is 0. The average molecular weight is 326 g/mol. The number of anilines is 1. The lowest BCUT2D eigenvalue weighted by Crippen LogP contribution is -2.30. The minimum atomic E-state index is -0.987. The summed E-state index contributed by atoms with van der Waals surface area (Å²) in [5, 5.41) is 22.5. The Hall–Kier alpha value is -3.47. The minimum absolute atomic E-state index is 0.0842. The summed E-state index contributed by atoms with van der Waals surface area (Å²) >= 11 is 0. The van der Waals surface area contributed by atoms with Crippen LogP contribution in [-0.2, 0) is 4.79 Å². The number of nitro groups is 1. The van der Waals surface area contributed by atoms with E-state index in [-0.39, 0.29) is 5.75 Å². The van der Waals surface area contributed by atoms with E-state index in [1.165, 1.54) is 19.1 Å². The Balaban J connectivity index is 2.12. The molecule has 1 atom stereocenters. The summed E-state index contributed by atoms with van der Waals surface area (Å²) in [6, 6.07) is 11.3. The van der Waals surface area contributed by atoms with Crippen molar-refractivity contribution in [2.75, 3.05) is 5.32 Å². The van der Waals surface area contributed by atoms with Crippen molar-refractivity contribution in [3.63, 3.8) is 0 Å². The van der Waals surface area contributed by atoms with E-state index in [4.69, 9.17) is 10.00 Å². The van der Waals surface area contributed by atoms with E-state index >= 15 is 0 Å². The van der Waals surface area contributed by atoms with Crippen molar-refractivity contribution >= 4 is 17.4 Å². The lowest BCUT2D eigenvalue weighted by Gasteiger charge is -2.14. The van der Waals surface area contributed by atoms with Gasteiger partial charge in [-0.25, -0.2) is 0 Å². The van der Waals surface area contributed by atoms with Crippen LogP contribution in [0.5, 0.6) is 5.75 Å². The molecule has 1 unspecified atom stereocenters. The highest BCUT2D eigenvalue weighted by molar-refractivity contribution is 5.94. The molecule has 24 heavy (non-hydrogen) atoms. The molecule has 1 amide bonds. The molecule has 122 valence electrons. The van der Waals surface area contributed by atoms with Crippen LogP contribution in [0.1, 0.15) is 18.2 Å². The fourth-order valence-electron chi connectivity index (χ4n) is 1.91. The molecule has 1 aromatic carbocycles. The maximum atomic E-state index is 12.2. The number of amides is 1. The first-order chi connectivity index (χ1) is 11.4. The van der Waals surface area contributed by atoms with Gasteiger partial charge in [0.05, 0.1) is 11.6 Å². The molecule has 0 saturated carbocycles. The van der Waals surface area contributed by atoms with Crippen molar-refractivity contribution in [1.29, 1.82) is 5.26 Å². The molecule has 0 radical (unpaired) electrons. The summed E-state index contributed by atoms with van der Waals surface area (Å²) in [5.74, 6) is -1.03. The quantitative estimate of drug-likeness (QED) is 0.666. The first-order valence-electron chi connectivity index (χ1n) is 7.00. The van der Waals surface area contributed by atoms with E-state index in [2.05, 4.69) is 10.3 Å². The normalized spacial score (nSPS) is 11.2. The summed E-state index contributed by atoms with van der Waals surface area (Å²) in [6.45, 7) is 3.09. The molecule has 0 saturated heterocycles. The number of nitriles is 1. The second-order valence-corrected chi connectivity index (χ2v) is 4.97. The standard InChI is InChI=1S/C16H14N4O4/c1-10-6-7-14(15(18-10)20(22)23)24-11(2)16(21)19-13-5-3-4-12(8-13)9-17/h3-8,11H,1-2H3,(H,19,21). The van der Waals surface area contributed by atoms with Gasteiger partial charge in [0.25, 0.3) is 5.91 Å². The third-order valence-corrected chi connectivity index (χ3v) is 3.08. The Morgan fingerprint density at radius 2 is 2.17 bits per heavy atom.